The van der Waals surface area contributed by atoms with Crippen molar-refractivity contribution in [3.05, 3.63) is 28.6 Å². The molecule has 3 heteroatoms. The molecule has 1 N–H and O–H groups in total. The van der Waals surface area contributed by atoms with E-state index in [1.54, 1.807) is 5.57 Å². The first kappa shape index (κ1) is 15.3. The number of likely N-dealkylation sites (N-methyl/N-ethyl adjacent to an activating group) is 1. The van der Waals surface area contributed by atoms with Crippen LogP contribution in [0.25, 0.3) is 0 Å². The lowest BCUT2D eigenvalue weighted by Gasteiger charge is -2.21. The molecule has 1 unspecified atom stereocenters. The van der Waals surface area contributed by atoms with Gasteiger partial charge in [-0.15, -0.1) is 0 Å². The Hall–Kier alpha value is -1.09. The van der Waals surface area contributed by atoms with Gasteiger partial charge in [-0.1, -0.05) is 25.0 Å². The van der Waals surface area contributed by atoms with Gasteiger partial charge < -0.3 is 5.32 Å². The van der Waals surface area contributed by atoms with E-state index in [1.807, 2.05) is 11.7 Å². The van der Waals surface area contributed by atoms with Crippen LogP contribution in [0.3, 0.4) is 0 Å². The average molecular weight is 275 g/mol. The maximum Gasteiger partial charge on any atom is 0.0629 e. The largest absolute Gasteiger partial charge is 0.310 e. The number of allylic oxidation sites excluding steroid dienone is 1. The summed E-state index contributed by atoms with van der Waals surface area (Å²) in [4.78, 5) is 0. The molecule has 2 rings (SSSR count). The fourth-order valence-corrected chi connectivity index (χ4v) is 3.25. The van der Waals surface area contributed by atoms with Crippen molar-refractivity contribution >= 4 is 0 Å². The van der Waals surface area contributed by atoms with Crippen LogP contribution in [0.4, 0.5) is 0 Å². The molecule has 0 spiro atoms. The second kappa shape index (κ2) is 7.07. The average Bonchev–Trinajstić information content (AvgIpc) is 2.67. The van der Waals surface area contributed by atoms with Crippen molar-refractivity contribution in [1.29, 1.82) is 0 Å². The molecule has 0 amide bonds. The Morgan fingerprint density at radius 1 is 1.30 bits per heavy atom. The summed E-state index contributed by atoms with van der Waals surface area (Å²) >= 11 is 0. The van der Waals surface area contributed by atoms with Gasteiger partial charge in [-0.25, -0.2) is 0 Å². The fraction of sp³-hybridized carbons (Fsp3) is 0.706. The standard InChI is InChI=1S/C17H29N3/c1-5-18-17(15-10-8-6-7-9-11-15)12-16-13(2)19-20(4)14(16)3/h10,17-18H,5-9,11-12H2,1-4H3. The van der Waals surface area contributed by atoms with E-state index in [0.29, 0.717) is 6.04 Å². The molecule has 1 heterocycles. The van der Waals surface area contributed by atoms with E-state index in [2.05, 4.69) is 37.3 Å². The third-order valence-electron chi connectivity index (χ3n) is 4.54. The highest BCUT2D eigenvalue weighted by Gasteiger charge is 2.19. The van der Waals surface area contributed by atoms with Crippen molar-refractivity contribution in [3.63, 3.8) is 0 Å². The molecule has 112 valence electrons. The molecular formula is C17H29N3. The number of rotatable bonds is 5. The summed E-state index contributed by atoms with van der Waals surface area (Å²) in [6.07, 6.45) is 10.2. The highest BCUT2D eigenvalue weighted by atomic mass is 15.3. The third-order valence-corrected chi connectivity index (χ3v) is 4.54. The molecule has 0 fully saturated rings. The Morgan fingerprint density at radius 2 is 2.10 bits per heavy atom. The smallest absolute Gasteiger partial charge is 0.0629 e. The first-order chi connectivity index (χ1) is 9.63. The van der Waals surface area contributed by atoms with Crippen molar-refractivity contribution in [1.82, 2.24) is 15.1 Å². The molecule has 1 aliphatic rings. The summed E-state index contributed by atoms with van der Waals surface area (Å²) in [6, 6.07) is 0.486. The van der Waals surface area contributed by atoms with Crippen molar-refractivity contribution in [2.75, 3.05) is 6.54 Å². The Bertz CT molecular complexity index is 471. The van der Waals surface area contributed by atoms with Crippen molar-refractivity contribution in [2.45, 2.75) is 65.3 Å². The molecule has 1 aromatic rings. The minimum Gasteiger partial charge on any atom is -0.310 e. The predicted octanol–water partition coefficient (Wildman–Crippen LogP) is 3.45. The predicted molar refractivity (Wildman–Crippen MR) is 85.0 cm³/mol. The van der Waals surface area contributed by atoms with Crippen LogP contribution in [0.2, 0.25) is 0 Å². The highest BCUT2D eigenvalue weighted by molar-refractivity contribution is 5.28. The lowest BCUT2D eigenvalue weighted by atomic mass is 9.94. The van der Waals surface area contributed by atoms with E-state index in [-0.39, 0.29) is 0 Å². The SMILES string of the molecule is CCNC(Cc1c(C)nn(C)c1C)C1=CCCCCC1. The molecule has 1 aliphatic carbocycles. The number of hydrogen-bond donors (Lipinski definition) is 1. The van der Waals surface area contributed by atoms with Crippen LogP contribution in [0.1, 0.15) is 56.0 Å². The zero-order chi connectivity index (χ0) is 14.5. The number of nitrogens with zero attached hydrogens (tertiary/aromatic N) is 2. The molecule has 0 aliphatic heterocycles. The van der Waals surface area contributed by atoms with Crippen molar-refractivity contribution in [2.24, 2.45) is 7.05 Å². The number of aryl methyl sites for hydroxylation is 2. The molecule has 0 bridgehead atoms. The molecule has 0 saturated heterocycles. The molecule has 1 aromatic heterocycles. The van der Waals surface area contributed by atoms with Gasteiger partial charge in [0.05, 0.1) is 5.69 Å². The molecule has 1 atom stereocenters. The van der Waals surface area contributed by atoms with Gasteiger partial charge in [-0.2, -0.15) is 5.10 Å². The maximum absolute atomic E-state index is 4.56. The second-order valence-corrected chi connectivity index (χ2v) is 5.97. The molecule has 0 radical (unpaired) electrons. The van der Waals surface area contributed by atoms with Gasteiger partial charge in [-0.05, 0) is 58.1 Å². The van der Waals surface area contributed by atoms with E-state index >= 15 is 0 Å². The second-order valence-electron chi connectivity index (χ2n) is 5.97. The first-order valence-corrected chi connectivity index (χ1v) is 8.04. The summed E-state index contributed by atoms with van der Waals surface area (Å²) < 4.78 is 2.01. The zero-order valence-corrected chi connectivity index (χ0v) is 13.5. The van der Waals surface area contributed by atoms with E-state index in [4.69, 9.17) is 0 Å². The van der Waals surface area contributed by atoms with Crippen LogP contribution in [0.15, 0.2) is 11.6 Å². The van der Waals surface area contributed by atoms with Crippen molar-refractivity contribution < 1.29 is 0 Å². The van der Waals surface area contributed by atoms with Gasteiger partial charge in [0.25, 0.3) is 0 Å². The number of hydrogen-bond acceptors (Lipinski definition) is 2. The Balaban J connectivity index is 2.18. The van der Waals surface area contributed by atoms with E-state index in [0.717, 1.165) is 13.0 Å². The minimum atomic E-state index is 0.486. The van der Waals surface area contributed by atoms with Crippen molar-refractivity contribution in [3.8, 4) is 0 Å². The normalized spacial score (nSPS) is 17.7. The lowest BCUT2D eigenvalue weighted by Crippen LogP contribution is -2.33. The third kappa shape index (κ3) is 3.51. The zero-order valence-electron chi connectivity index (χ0n) is 13.5. The van der Waals surface area contributed by atoms with Crippen LogP contribution < -0.4 is 5.32 Å². The highest BCUT2D eigenvalue weighted by Crippen LogP contribution is 2.24. The molecule has 0 aromatic carbocycles. The summed E-state index contributed by atoms with van der Waals surface area (Å²) in [5, 5.41) is 8.24. The summed E-state index contributed by atoms with van der Waals surface area (Å²) in [5.74, 6) is 0. The Morgan fingerprint density at radius 3 is 2.75 bits per heavy atom. The molecule has 0 saturated carbocycles. The number of nitrogens with one attached hydrogen (secondary N) is 1. The lowest BCUT2D eigenvalue weighted by molar-refractivity contribution is 0.559. The van der Waals surface area contributed by atoms with Gasteiger partial charge >= 0.3 is 0 Å². The topological polar surface area (TPSA) is 29.9 Å². The molecule has 20 heavy (non-hydrogen) atoms. The first-order valence-electron chi connectivity index (χ1n) is 8.04. The monoisotopic (exact) mass is 275 g/mol. The fourth-order valence-electron chi connectivity index (χ4n) is 3.25. The van der Waals surface area contributed by atoms with Gasteiger partial charge in [0.15, 0.2) is 0 Å². The minimum absolute atomic E-state index is 0.486. The van der Waals surface area contributed by atoms with Crippen LogP contribution in [0, 0.1) is 13.8 Å². The number of aromatic nitrogens is 2. The summed E-state index contributed by atoms with van der Waals surface area (Å²) in [7, 11) is 2.04. The van der Waals surface area contributed by atoms with Gasteiger partial charge in [0.2, 0.25) is 0 Å². The Kier molecular flexibility index (Phi) is 5.41. The molecular weight excluding hydrogens is 246 g/mol. The maximum atomic E-state index is 4.56. The van der Waals surface area contributed by atoms with Gasteiger partial charge in [0, 0.05) is 18.8 Å². The van der Waals surface area contributed by atoms with E-state index in [1.165, 1.54) is 49.1 Å². The van der Waals surface area contributed by atoms with E-state index < -0.39 is 0 Å². The van der Waals surface area contributed by atoms with Crippen LogP contribution in [0.5, 0.6) is 0 Å². The molecule has 3 nitrogen and oxygen atoms in total. The summed E-state index contributed by atoms with van der Waals surface area (Å²) in [6.45, 7) is 7.54. The van der Waals surface area contributed by atoms with Gasteiger partial charge in [0.1, 0.15) is 0 Å². The van der Waals surface area contributed by atoms with Crippen LogP contribution >= 0.6 is 0 Å². The Labute approximate surface area is 123 Å². The summed E-state index contributed by atoms with van der Waals surface area (Å²) in [5.41, 5.74) is 5.53. The van der Waals surface area contributed by atoms with Gasteiger partial charge in [-0.3, -0.25) is 4.68 Å². The quantitative estimate of drug-likeness (QED) is 0.834. The van der Waals surface area contributed by atoms with E-state index in [9.17, 15) is 0 Å². The van der Waals surface area contributed by atoms with Crippen LogP contribution in [-0.4, -0.2) is 22.4 Å². The van der Waals surface area contributed by atoms with Crippen LogP contribution in [-0.2, 0) is 13.5 Å².